The molecule has 5 nitrogen and oxygen atoms in total. The number of fused-ring (bicyclic) bond motifs is 5. The van der Waals surface area contributed by atoms with Crippen LogP contribution in [0.1, 0.15) is 12.0 Å². The molecule has 0 unspecified atom stereocenters. The Morgan fingerprint density at radius 2 is 1.60 bits per heavy atom. The van der Waals surface area contributed by atoms with Gasteiger partial charge in [-0.1, -0.05) is 49.6 Å². The summed E-state index contributed by atoms with van der Waals surface area (Å²) in [5.74, 6) is -0.938. The lowest BCUT2D eigenvalue weighted by Gasteiger charge is -2.28. The fourth-order valence-electron chi connectivity index (χ4n) is 4.55. The third-order valence-electron chi connectivity index (χ3n) is 5.72. The lowest BCUT2D eigenvalue weighted by Crippen LogP contribution is -2.39. The van der Waals surface area contributed by atoms with E-state index in [0.717, 1.165) is 16.9 Å². The SMILES string of the molecule is Cc1ccc(NC(=O)CN2C(=O)[C@@H]3[C@H]4C[C@@H]([C@H](Br)[C@H]4Br)[C@H]3C2=O)cc1. The molecule has 2 saturated carbocycles. The Labute approximate surface area is 162 Å². The molecule has 3 amide bonds. The number of alkyl halides is 2. The van der Waals surface area contributed by atoms with Crippen LogP contribution < -0.4 is 5.32 Å². The van der Waals surface area contributed by atoms with Crippen molar-refractivity contribution < 1.29 is 14.4 Å². The van der Waals surface area contributed by atoms with Gasteiger partial charge in [-0.05, 0) is 37.3 Å². The summed E-state index contributed by atoms with van der Waals surface area (Å²) in [6.45, 7) is 1.76. The van der Waals surface area contributed by atoms with Crippen molar-refractivity contribution in [1.82, 2.24) is 4.90 Å². The van der Waals surface area contributed by atoms with Gasteiger partial charge in [0.05, 0.1) is 11.8 Å². The Morgan fingerprint density at radius 1 is 1.08 bits per heavy atom. The minimum atomic E-state index is -0.344. The maximum Gasteiger partial charge on any atom is 0.244 e. The van der Waals surface area contributed by atoms with Crippen molar-refractivity contribution in [2.75, 3.05) is 11.9 Å². The molecule has 25 heavy (non-hydrogen) atoms. The number of likely N-dealkylation sites (tertiary alicyclic amines) is 1. The van der Waals surface area contributed by atoms with Crippen LogP contribution in [0.15, 0.2) is 24.3 Å². The average molecular weight is 470 g/mol. The van der Waals surface area contributed by atoms with E-state index in [0.29, 0.717) is 5.69 Å². The van der Waals surface area contributed by atoms with Crippen LogP contribution in [0.25, 0.3) is 0 Å². The van der Waals surface area contributed by atoms with Crippen molar-refractivity contribution >= 4 is 55.3 Å². The molecule has 2 aliphatic carbocycles. The molecule has 1 saturated heterocycles. The molecule has 2 bridgehead atoms. The van der Waals surface area contributed by atoms with Crippen molar-refractivity contribution in [3.63, 3.8) is 0 Å². The summed E-state index contributed by atoms with van der Waals surface area (Å²) >= 11 is 7.31. The van der Waals surface area contributed by atoms with Crippen LogP contribution >= 0.6 is 31.9 Å². The number of carbonyl (C=O) groups excluding carboxylic acids is 3. The Kier molecular flexibility index (Phi) is 4.27. The first-order valence-corrected chi connectivity index (χ1v) is 10.2. The largest absolute Gasteiger partial charge is 0.325 e. The van der Waals surface area contributed by atoms with E-state index < -0.39 is 0 Å². The van der Waals surface area contributed by atoms with E-state index in [1.165, 1.54) is 0 Å². The topological polar surface area (TPSA) is 66.5 Å². The molecule has 0 spiro atoms. The minimum absolute atomic E-state index is 0.168. The Bertz CT molecular complexity index is 719. The predicted octanol–water partition coefficient (Wildman–Crippen LogP) is 2.71. The number of rotatable bonds is 3. The molecule has 1 N–H and O–H groups in total. The maximum atomic E-state index is 12.8. The molecule has 1 aromatic rings. The van der Waals surface area contributed by atoms with Gasteiger partial charge in [0.25, 0.3) is 0 Å². The fourth-order valence-corrected chi connectivity index (χ4v) is 6.42. The normalized spacial score (nSPS) is 36.0. The molecular formula is C18H18Br2N2O3. The van der Waals surface area contributed by atoms with Crippen LogP contribution in [-0.2, 0) is 14.4 Å². The third kappa shape index (κ3) is 2.67. The summed E-state index contributed by atoms with van der Waals surface area (Å²) in [5, 5.41) is 2.75. The number of carbonyl (C=O) groups is 3. The zero-order chi connectivity index (χ0) is 17.9. The van der Waals surface area contributed by atoms with Crippen LogP contribution in [0.3, 0.4) is 0 Å². The molecule has 6 atom stereocenters. The Balaban J connectivity index is 1.47. The van der Waals surface area contributed by atoms with Crippen LogP contribution in [0.4, 0.5) is 5.69 Å². The molecule has 0 radical (unpaired) electrons. The number of nitrogens with zero attached hydrogens (tertiary/aromatic N) is 1. The van der Waals surface area contributed by atoms with Crippen molar-refractivity contribution in [1.29, 1.82) is 0 Å². The van der Waals surface area contributed by atoms with E-state index in [1.54, 1.807) is 12.1 Å². The quantitative estimate of drug-likeness (QED) is 0.546. The molecule has 1 aromatic carbocycles. The number of anilines is 1. The van der Waals surface area contributed by atoms with Gasteiger partial charge in [0.1, 0.15) is 6.54 Å². The molecular weight excluding hydrogens is 452 g/mol. The van der Waals surface area contributed by atoms with Gasteiger partial charge < -0.3 is 5.32 Å². The van der Waals surface area contributed by atoms with Crippen LogP contribution in [-0.4, -0.2) is 38.8 Å². The van der Waals surface area contributed by atoms with Gasteiger partial charge in [-0.25, -0.2) is 0 Å². The van der Waals surface area contributed by atoms with Crippen LogP contribution in [0.5, 0.6) is 0 Å². The van der Waals surface area contributed by atoms with E-state index >= 15 is 0 Å². The standard InChI is InChI=1S/C18H18Br2N2O3/c1-8-2-4-9(5-3-8)21-12(23)7-22-17(24)13-10-6-11(14(13)18(22)25)16(20)15(10)19/h2-5,10-11,13-16H,6-7H2,1H3,(H,21,23)/t10-,11-,13-,14-,15+,16+/m1/s1. The molecule has 1 heterocycles. The first kappa shape index (κ1) is 17.2. The number of hydrogen-bond donors (Lipinski definition) is 1. The minimum Gasteiger partial charge on any atom is -0.325 e. The summed E-state index contributed by atoms with van der Waals surface area (Å²) in [6, 6.07) is 7.41. The lowest BCUT2D eigenvalue weighted by atomic mass is 9.81. The highest BCUT2D eigenvalue weighted by Gasteiger charge is 2.66. The van der Waals surface area contributed by atoms with Gasteiger partial charge in [-0.2, -0.15) is 0 Å². The smallest absolute Gasteiger partial charge is 0.244 e. The summed E-state index contributed by atoms with van der Waals surface area (Å²) in [6.07, 6.45) is 0.891. The second-order valence-corrected chi connectivity index (χ2v) is 9.30. The number of amides is 3. The van der Waals surface area contributed by atoms with Crippen molar-refractivity contribution in [2.45, 2.75) is 23.0 Å². The summed E-state index contributed by atoms with van der Waals surface area (Å²) in [5.41, 5.74) is 1.76. The predicted molar refractivity (Wildman–Crippen MR) is 101 cm³/mol. The number of hydrogen-bond acceptors (Lipinski definition) is 3. The molecule has 3 aliphatic rings. The number of halogens is 2. The van der Waals surface area contributed by atoms with E-state index in [4.69, 9.17) is 0 Å². The Hall–Kier alpha value is -1.21. The highest BCUT2D eigenvalue weighted by Crippen LogP contribution is 2.60. The number of imide groups is 1. The van der Waals surface area contributed by atoms with E-state index in [1.807, 2.05) is 19.1 Å². The Morgan fingerprint density at radius 3 is 2.12 bits per heavy atom. The van der Waals surface area contributed by atoms with Crippen molar-refractivity contribution in [3.05, 3.63) is 29.8 Å². The van der Waals surface area contributed by atoms with Crippen LogP contribution in [0.2, 0.25) is 0 Å². The molecule has 3 fully saturated rings. The van der Waals surface area contributed by atoms with E-state index in [9.17, 15) is 14.4 Å². The number of nitrogens with one attached hydrogen (secondary N) is 1. The lowest BCUT2D eigenvalue weighted by molar-refractivity contribution is -0.143. The second kappa shape index (κ2) is 6.20. The number of aryl methyl sites for hydroxylation is 1. The van der Waals surface area contributed by atoms with Crippen molar-refractivity contribution in [3.8, 4) is 0 Å². The zero-order valence-corrected chi connectivity index (χ0v) is 16.8. The number of benzene rings is 1. The average Bonchev–Trinajstić information content (AvgIpc) is 3.17. The second-order valence-electron chi connectivity index (χ2n) is 7.18. The maximum absolute atomic E-state index is 12.8. The molecule has 4 rings (SSSR count). The highest BCUT2D eigenvalue weighted by atomic mass is 79.9. The zero-order valence-electron chi connectivity index (χ0n) is 13.6. The molecule has 1 aliphatic heterocycles. The first-order chi connectivity index (χ1) is 11.9. The monoisotopic (exact) mass is 468 g/mol. The van der Waals surface area contributed by atoms with E-state index in [-0.39, 0.29) is 57.6 Å². The molecule has 7 heteroatoms. The summed E-state index contributed by atoms with van der Waals surface area (Å²) < 4.78 is 0. The molecule has 132 valence electrons. The van der Waals surface area contributed by atoms with Gasteiger partial charge in [0, 0.05) is 15.3 Å². The third-order valence-corrected chi connectivity index (χ3v) is 8.92. The van der Waals surface area contributed by atoms with Gasteiger partial charge in [-0.3, -0.25) is 19.3 Å². The van der Waals surface area contributed by atoms with Gasteiger partial charge >= 0.3 is 0 Å². The van der Waals surface area contributed by atoms with Gasteiger partial charge in [0.15, 0.2) is 0 Å². The highest BCUT2D eigenvalue weighted by molar-refractivity contribution is 9.12. The summed E-state index contributed by atoms with van der Waals surface area (Å²) in [7, 11) is 0. The summed E-state index contributed by atoms with van der Waals surface area (Å²) in [4.78, 5) is 39.4. The van der Waals surface area contributed by atoms with Crippen molar-refractivity contribution in [2.24, 2.45) is 23.7 Å². The fraction of sp³-hybridized carbons (Fsp3) is 0.500. The van der Waals surface area contributed by atoms with E-state index in [2.05, 4.69) is 37.2 Å². The molecule has 0 aromatic heterocycles. The first-order valence-electron chi connectivity index (χ1n) is 8.38. The van der Waals surface area contributed by atoms with Gasteiger partial charge in [-0.15, -0.1) is 0 Å². The van der Waals surface area contributed by atoms with Gasteiger partial charge in [0.2, 0.25) is 17.7 Å². The van der Waals surface area contributed by atoms with Crippen LogP contribution in [0, 0.1) is 30.6 Å².